The Morgan fingerprint density at radius 2 is 2.00 bits per heavy atom. The third-order valence-electron chi connectivity index (χ3n) is 4.42. The van der Waals surface area contributed by atoms with Crippen molar-refractivity contribution in [2.24, 2.45) is 17.6 Å². The highest BCUT2D eigenvalue weighted by Crippen LogP contribution is 2.38. The first-order chi connectivity index (χ1) is 8.72. The van der Waals surface area contributed by atoms with Crippen molar-refractivity contribution < 1.29 is 0 Å². The van der Waals surface area contributed by atoms with E-state index in [1.165, 1.54) is 37.9 Å². The summed E-state index contributed by atoms with van der Waals surface area (Å²) in [4.78, 5) is 3.09. The van der Waals surface area contributed by atoms with E-state index in [0.29, 0.717) is 4.99 Å². The van der Waals surface area contributed by atoms with Crippen LogP contribution in [-0.4, -0.2) is 23.0 Å². The van der Waals surface area contributed by atoms with Crippen LogP contribution in [0.25, 0.3) is 0 Å². The number of hydrogen-bond donors (Lipinski definition) is 1. The second-order valence-corrected chi connectivity index (χ2v) is 6.15. The van der Waals surface area contributed by atoms with Crippen molar-refractivity contribution in [3.05, 3.63) is 35.4 Å². The van der Waals surface area contributed by atoms with Crippen LogP contribution in [0.2, 0.25) is 0 Å². The Bertz CT molecular complexity index is 446. The average molecular weight is 260 g/mol. The van der Waals surface area contributed by atoms with Gasteiger partial charge in [-0.25, -0.2) is 0 Å². The molecule has 1 aromatic rings. The van der Waals surface area contributed by atoms with Gasteiger partial charge in [-0.1, -0.05) is 36.8 Å². The van der Waals surface area contributed by atoms with Crippen molar-refractivity contribution >= 4 is 17.2 Å². The molecule has 2 N–H and O–H groups in total. The summed E-state index contributed by atoms with van der Waals surface area (Å²) in [5, 5.41) is 0. The Morgan fingerprint density at radius 1 is 1.28 bits per heavy atom. The third kappa shape index (κ3) is 2.43. The van der Waals surface area contributed by atoms with Crippen LogP contribution >= 0.6 is 12.2 Å². The minimum absolute atomic E-state index is 0.496. The smallest absolute Gasteiger partial charge is 0.103 e. The SMILES string of the molecule is NC(=S)c1cccc(CN2CC3CCCC3C2)c1. The van der Waals surface area contributed by atoms with Crippen LogP contribution in [0.3, 0.4) is 0 Å². The van der Waals surface area contributed by atoms with E-state index in [9.17, 15) is 0 Å². The molecule has 2 nitrogen and oxygen atoms in total. The lowest BCUT2D eigenvalue weighted by atomic mass is 10.0. The van der Waals surface area contributed by atoms with E-state index in [1.54, 1.807) is 0 Å². The van der Waals surface area contributed by atoms with Gasteiger partial charge in [-0.05, 0) is 36.3 Å². The number of likely N-dealkylation sites (tertiary alicyclic amines) is 1. The molecule has 3 rings (SSSR count). The number of thiocarbonyl (C=S) groups is 1. The molecular formula is C15H20N2S. The molecule has 2 fully saturated rings. The summed E-state index contributed by atoms with van der Waals surface area (Å²) in [6, 6.07) is 8.36. The highest BCUT2D eigenvalue weighted by Gasteiger charge is 2.35. The predicted molar refractivity (Wildman–Crippen MR) is 78.4 cm³/mol. The molecule has 1 aromatic carbocycles. The number of nitrogens with two attached hydrogens (primary N) is 1. The maximum atomic E-state index is 5.68. The van der Waals surface area contributed by atoms with Crippen LogP contribution < -0.4 is 5.73 Å². The molecule has 96 valence electrons. The minimum Gasteiger partial charge on any atom is -0.389 e. The largest absolute Gasteiger partial charge is 0.389 e. The number of fused-ring (bicyclic) bond motifs is 1. The molecule has 1 saturated heterocycles. The Labute approximate surface area is 114 Å². The van der Waals surface area contributed by atoms with Gasteiger partial charge in [0.1, 0.15) is 4.99 Å². The van der Waals surface area contributed by atoms with Crippen LogP contribution in [0.15, 0.2) is 24.3 Å². The highest BCUT2D eigenvalue weighted by atomic mass is 32.1. The van der Waals surface area contributed by atoms with Gasteiger partial charge < -0.3 is 5.73 Å². The average Bonchev–Trinajstić information content (AvgIpc) is 2.90. The van der Waals surface area contributed by atoms with Crippen molar-refractivity contribution in [2.75, 3.05) is 13.1 Å². The van der Waals surface area contributed by atoms with Crippen LogP contribution in [0, 0.1) is 11.8 Å². The van der Waals surface area contributed by atoms with Crippen LogP contribution in [0.5, 0.6) is 0 Å². The first-order valence-corrected chi connectivity index (χ1v) is 7.24. The molecule has 1 saturated carbocycles. The fourth-order valence-corrected chi connectivity index (χ4v) is 3.67. The molecule has 3 heteroatoms. The van der Waals surface area contributed by atoms with Gasteiger partial charge in [-0.3, -0.25) is 4.90 Å². The maximum absolute atomic E-state index is 5.68. The molecule has 2 atom stereocenters. The van der Waals surface area contributed by atoms with Gasteiger partial charge in [0.25, 0.3) is 0 Å². The van der Waals surface area contributed by atoms with E-state index in [4.69, 9.17) is 18.0 Å². The van der Waals surface area contributed by atoms with Gasteiger partial charge in [-0.2, -0.15) is 0 Å². The standard InChI is InChI=1S/C15H20N2S/c16-15(18)12-4-1-3-11(7-12)8-17-9-13-5-2-6-14(13)10-17/h1,3-4,7,13-14H,2,5-6,8-10H2,(H2,16,18). The van der Waals surface area contributed by atoms with E-state index in [-0.39, 0.29) is 0 Å². The van der Waals surface area contributed by atoms with Gasteiger partial charge in [0.2, 0.25) is 0 Å². The van der Waals surface area contributed by atoms with Crippen LogP contribution in [0.1, 0.15) is 30.4 Å². The molecular weight excluding hydrogens is 240 g/mol. The van der Waals surface area contributed by atoms with Gasteiger partial charge in [0.05, 0.1) is 0 Å². The molecule has 1 aliphatic heterocycles. The zero-order valence-electron chi connectivity index (χ0n) is 10.6. The topological polar surface area (TPSA) is 29.3 Å². The minimum atomic E-state index is 0.496. The quantitative estimate of drug-likeness (QED) is 0.847. The summed E-state index contributed by atoms with van der Waals surface area (Å²) < 4.78 is 0. The van der Waals surface area contributed by atoms with Crippen molar-refractivity contribution in [3.63, 3.8) is 0 Å². The summed E-state index contributed by atoms with van der Waals surface area (Å²) in [5.41, 5.74) is 8.00. The summed E-state index contributed by atoms with van der Waals surface area (Å²) in [7, 11) is 0. The van der Waals surface area contributed by atoms with Crippen molar-refractivity contribution in [1.29, 1.82) is 0 Å². The fraction of sp³-hybridized carbons (Fsp3) is 0.533. The zero-order chi connectivity index (χ0) is 12.5. The summed E-state index contributed by atoms with van der Waals surface area (Å²) in [6.07, 6.45) is 4.32. The molecule has 0 amide bonds. The lowest BCUT2D eigenvalue weighted by molar-refractivity contribution is 0.303. The summed E-state index contributed by atoms with van der Waals surface area (Å²) in [6.45, 7) is 3.60. The molecule has 2 unspecified atom stereocenters. The third-order valence-corrected chi connectivity index (χ3v) is 4.66. The van der Waals surface area contributed by atoms with Gasteiger partial charge >= 0.3 is 0 Å². The van der Waals surface area contributed by atoms with Crippen molar-refractivity contribution in [3.8, 4) is 0 Å². The van der Waals surface area contributed by atoms with Gasteiger partial charge in [0.15, 0.2) is 0 Å². The molecule has 0 radical (unpaired) electrons. The van der Waals surface area contributed by atoms with Crippen molar-refractivity contribution in [2.45, 2.75) is 25.8 Å². The number of nitrogens with zero attached hydrogens (tertiary/aromatic N) is 1. The lowest BCUT2D eigenvalue weighted by Crippen LogP contribution is -2.21. The van der Waals surface area contributed by atoms with E-state index in [2.05, 4.69) is 23.1 Å². The Kier molecular flexibility index (Phi) is 3.35. The van der Waals surface area contributed by atoms with E-state index in [0.717, 1.165) is 23.9 Å². The number of rotatable bonds is 3. The molecule has 0 spiro atoms. The maximum Gasteiger partial charge on any atom is 0.103 e. The normalized spacial score (nSPS) is 27.3. The molecule has 2 aliphatic rings. The molecule has 1 heterocycles. The molecule has 0 aromatic heterocycles. The second-order valence-electron chi connectivity index (χ2n) is 5.71. The van der Waals surface area contributed by atoms with Gasteiger partial charge in [-0.15, -0.1) is 0 Å². The number of hydrogen-bond acceptors (Lipinski definition) is 2. The van der Waals surface area contributed by atoms with Crippen LogP contribution in [0.4, 0.5) is 0 Å². The highest BCUT2D eigenvalue weighted by molar-refractivity contribution is 7.80. The van der Waals surface area contributed by atoms with Crippen molar-refractivity contribution in [1.82, 2.24) is 4.90 Å². The molecule has 0 bridgehead atoms. The van der Waals surface area contributed by atoms with E-state index >= 15 is 0 Å². The first kappa shape index (κ1) is 12.1. The van der Waals surface area contributed by atoms with E-state index < -0.39 is 0 Å². The lowest BCUT2D eigenvalue weighted by Gasteiger charge is -2.17. The fourth-order valence-electron chi connectivity index (χ4n) is 3.54. The van der Waals surface area contributed by atoms with E-state index in [1.807, 2.05) is 6.07 Å². The predicted octanol–water partition coefficient (Wildman–Crippen LogP) is 2.55. The number of benzene rings is 1. The monoisotopic (exact) mass is 260 g/mol. The summed E-state index contributed by atoms with van der Waals surface area (Å²) in [5.74, 6) is 1.92. The molecule has 18 heavy (non-hydrogen) atoms. The summed E-state index contributed by atoms with van der Waals surface area (Å²) >= 11 is 5.03. The first-order valence-electron chi connectivity index (χ1n) is 6.83. The van der Waals surface area contributed by atoms with Gasteiger partial charge in [0, 0.05) is 25.2 Å². The Balaban J connectivity index is 1.66. The Hall–Kier alpha value is -0.930. The Morgan fingerprint density at radius 3 is 2.67 bits per heavy atom. The van der Waals surface area contributed by atoms with Crippen LogP contribution in [-0.2, 0) is 6.54 Å². The molecule has 1 aliphatic carbocycles. The zero-order valence-corrected chi connectivity index (χ0v) is 11.5. The second kappa shape index (κ2) is 4.98.